The van der Waals surface area contributed by atoms with Crippen molar-refractivity contribution in [1.29, 1.82) is 0 Å². The maximum Gasteiger partial charge on any atom is 0.324 e. The Morgan fingerprint density at radius 1 is 1.44 bits per heavy atom. The highest BCUT2D eigenvalue weighted by Crippen LogP contribution is 2.40. The average molecular weight is 307 g/mol. The predicted octanol–water partition coefficient (Wildman–Crippen LogP) is 4.15. The summed E-state index contributed by atoms with van der Waals surface area (Å²) in [5, 5.41) is -0.196. The van der Waals surface area contributed by atoms with Crippen LogP contribution in [0.5, 0.6) is 0 Å². The van der Waals surface area contributed by atoms with Crippen LogP contribution in [0.25, 0.3) is 0 Å². The van der Waals surface area contributed by atoms with E-state index in [1.54, 1.807) is 0 Å². The lowest BCUT2D eigenvalue weighted by Gasteiger charge is -2.19. The lowest BCUT2D eigenvalue weighted by molar-refractivity contribution is -0.106. The molecular weight excluding hydrogens is 303 g/mol. The first-order chi connectivity index (χ1) is 7.33. The molecule has 0 aliphatic heterocycles. The molecule has 1 amide bonds. The van der Waals surface area contributed by atoms with Crippen LogP contribution in [-0.2, 0) is 4.79 Å². The Balaban J connectivity index is 2.96. The van der Waals surface area contributed by atoms with E-state index in [2.05, 4.69) is 0 Å². The molecule has 0 aliphatic rings. The predicted molar refractivity (Wildman–Crippen MR) is 63.1 cm³/mol. The van der Waals surface area contributed by atoms with Crippen molar-refractivity contribution in [3.63, 3.8) is 0 Å². The molecule has 2 nitrogen and oxygen atoms in total. The van der Waals surface area contributed by atoms with Crippen molar-refractivity contribution >= 4 is 58.8 Å². The number of halogens is 5. The van der Waals surface area contributed by atoms with Gasteiger partial charge in [0.2, 0.25) is 6.41 Å². The summed E-state index contributed by atoms with van der Waals surface area (Å²) in [6, 6.07) is 3.43. The smallest absolute Gasteiger partial charge is 0.277 e. The summed E-state index contributed by atoms with van der Waals surface area (Å²) < 4.78 is 23.8. The lowest BCUT2D eigenvalue weighted by Crippen LogP contribution is -2.17. The van der Waals surface area contributed by atoms with E-state index in [9.17, 15) is 13.6 Å². The van der Waals surface area contributed by atoms with Gasteiger partial charge in [-0.15, -0.1) is 0 Å². The van der Waals surface area contributed by atoms with Gasteiger partial charge in [0.1, 0.15) is 5.82 Å². The standard InChI is InChI=1S/C8H4Cl3F2NOS/c9-6-3-5(1-2-7(6)12)14(4-15)16-8(10,11)13/h1-4H. The Kier molecular flexibility index (Phi) is 4.67. The number of rotatable bonds is 4. The van der Waals surface area contributed by atoms with E-state index in [4.69, 9.17) is 34.8 Å². The van der Waals surface area contributed by atoms with Crippen LogP contribution in [0.1, 0.15) is 0 Å². The molecule has 1 aromatic carbocycles. The molecule has 0 unspecified atom stereocenters. The minimum absolute atomic E-state index is 0.162. The molecule has 0 fully saturated rings. The number of hydrogen-bond donors (Lipinski definition) is 0. The summed E-state index contributed by atoms with van der Waals surface area (Å²) in [4.78, 5) is 10.7. The van der Waals surface area contributed by atoms with Gasteiger partial charge in [-0.25, -0.2) is 4.39 Å². The molecule has 1 rings (SSSR count). The number of carbonyl (C=O) groups excluding carboxylic acids is 1. The van der Waals surface area contributed by atoms with Crippen molar-refractivity contribution in [1.82, 2.24) is 0 Å². The number of benzene rings is 1. The Morgan fingerprint density at radius 2 is 2.06 bits per heavy atom. The molecule has 0 bridgehead atoms. The Bertz CT molecular complexity index is 399. The van der Waals surface area contributed by atoms with Gasteiger partial charge in [-0.3, -0.25) is 9.10 Å². The maximum absolute atomic E-state index is 12.9. The molecule has 0 atom stereocenters. The first-order valence-corrected chi connectivity index (χ1v) is 5.69. The van der Waals surface area contributed by atoms with Gasteiger partial charge in [0, 0.05) is 11.9 Å². The minimum Gasteiger partial charge on any atom is -0.277 e. The van der Waals surface area contributed by atoms with Crippen molar-refractivity contribution in [3.05, 3.63) is 29.0 Å². The summed E-state index contributed by atoms with van der Waals surface area (Å²) in [6.07, 6.45) is 0.285. The number of alkyl halides is 3. The molecule has 0 N–H and O–H groups in total. The van der Waals surface area contributed by atoms with Gasteiger partial charge < -0.3 is 0 Å². The van der Waals surface area contributed by atoms with E-state index in [1.807, 2.05) is 0 Å². The Labute approximate surface area is 110 Å². The summed E-state index contributed by atoms with van der Waals surface area (Å²) in [5.41, 5.74) is 0.162. The molecule has 0 aromatic heterocycles. The van der Waals surface area contributed by atoms with Crippen molar-refractivity contribution in [2.75, 3.05) is 4.31 Å². The van der Waals surface area contributed by atoms with E-state index < -0.39 is 9.74 Å². The SMILES string of the molecule is O=CN(SC(F)(Cl)Cl)c1ccc(F)c(Cl)c1. The fourth-order valence-corrected chi connectivity index (χ4v) is 1.97. The van der Waals surface area contributed by atoms with Gasteiger partial charge in [0.25, 0.3) is 0 Å². The number of hydrogen-bond acceptors (Lipinski definition) is 2. The zero-order valence-electron chi connectivity index (χ0n) is 7.46. The Hall–Kier alpha value is -0.230. The molecule has 0 spiro atoms. The second kappa shape index (κ2) is 5.40. The number of nitrogens with zero attached hydrogens (tertiary/aromatic N) is 1. The van der Waals surface area contributed by atoms with Crippen molar-refractivity contribution in [3.8, 4) is 0 Å². The van der Waals surface area contributed by atoms with Crippen LogP contribution in [0.15, 0.2) is 18.2 Å². The highest BCUT2D eigenvalue weighted by atomic mass is 35.5. The summed E-state index contributed by atoms with van der Waals surface area (Å²) >= 11 is 15.9. The topological polar surface area (TPSA) is 20.3 Å². The van der Waals surface area contributed by atoms with Gasteiger partial charge in [-0.05, 0) is 18.2 Å². The molecule has 16 heavy (non-hydrogen) atoms. The summed E-state index contributed by atoms with van der Waals surface area (Å²) in [5.74, 6) is -0.649. The zero-order valence-corrected chi connectivity index (χ0v) is 10.5. The molecule has 0 radical (unpaired) electrons. The normalized spacial score (nSPS) is 11.3. The molecule has 8 heteroatoms. The van der Waals surface area contributed by atoms with Crippen LogP contribution in [0.3, 0.4) is 0 Å². The molecule has 1 aromatic rings. The molecule has 0 saturated heterocycles. The Morgan fingerprint density at radius 3 is 2.50 bits per heavy atom. The van der Waals surface area contributed by atoms with E-state index >= 15 is 0 Å². The van der Waals surface area contributed by atoms with E-state index in [0.29, 0.717) is 0 Å². The van der Waals surface area contributed by atoms with E-state index in [0.717, 1.165) is 16.4 Å². The van der Waals surface area contributed by atoms with Crippen LogP contribution in [0.4, 0.5) is 14.5 Å². The lowest BCUT2D eigenvalue weighted by atomic mass is 10.3. The monoisotopic (exact) mass is 305 g/mol. The van der Waals surface area contributed by atoms with E-state index in [-0.39, 0.29) is 29.1 Å². The zero-order chi connectivity index (χ0) is 12.3. The highest BCUT2D eigenvalue weighted by molar-refractivity contribution is 8.04. The number of carbonyl (C=O) groups is 1. The van der Waals surface area contributed by atoms with Crippen LogP contribution in [-0.4, -0.2) is 10.3 Å². The largest absolute Gasteiger partial charge is 0.324 e. The maximum atomic E-state index is 12.9. The highest BCUT2D eigenvalue weighted by Gasteiger charge is 2.28. The van der Waals surface area contributed by atoms with Crippen molar-refractivity contribution in [2.45, 2.75) is 3.92 Å². The minimum atomic E-state index is -2.66. The fourth-order valence-electron chi connectivity index (χ4n) is 0.869. The third kappa shape index (κ3) is 3.97. The summed E-state index contributed by atoms with van der Waals surface area (Å²) in [7, 11) is 0. The van der Waals surface area contributed by atoms with Crippen molar-refractivity contribution in [2.24, 2.45) is 0 Å². The first-order valence-electron chi connectivity index (χ1n) is 3.79. The van der Waals surface area contributed by atoms with Crippen LogP contribution in [0, 0.1) is 5.82 Å². The van der Waals surface area contributed by atoms with Gasteiger partial charge in [-0.1, -0.05) is 34.8 Å². The van der Waals surface area contributed by atoms with Gasteiger partial charge in [0.05, 0.1) is 10.7 Å². The molecule has 0 aliphatic carbocycles. The fraction of sp³-hybridized carbons (Fsp3) is 0.125. The average Bonchev–Trinajstić information content (AvgIpc) is 2.17. The quantitative estimate of drug-likeness (QED) is 0.473. The molecular formula is C8H4Cl3F2NOS. The second-order valence-corrected chi connectivity index (χ2v) is 5.80. The van der Waals surface area contributed by atoms with Crippen LogP contribution >= 0.6 is 46.8 Å². The molecule has 0 heterocycles. The molecule has 0 saturated carbocycles. The number of anilines is 1. The van der Waals surface area contributed by atoms with Gasteiger partial charge in [0.15, 0.2) is 0 Å². The van der Waals surface area contributed by atoms with Crippen LogP contribution in [0.2, 0.25) is 5.02 Å². The van der Waals surface area contributed by atoms with Crippen molar-refractivity contribution < 1.29 is 13.6 Å². The van der Waals surface area contributed by atoms with E-state index in [1.165, 1.54) is 6.07 Å². The first kappa shape index (κ1) is 13.8. The van der Waals surface area contributed by atoms with Gasteiger partial charge >= 0.3 is 3.92 Å². The third-order valence-electron chi connectivity index (χ3n) is 1.46. The number of amides is 1. The molecule has 88 valence electrons. The second-order valence-electron chi connectivity index (χ2n) is 2.57. The summed E-state index contributed by atoms with van der Waals surface area (Å²) in [6.45, 7) is 0. The van der Waals surface area contributed by atoms with Crippen LogP contribution < -0.4 is 4.31 Å². The van der Waals surface area contributed by atoms with Gasteiger partial charge in [-0.2, -0.15) is 4.39 Å². The third-order valence-corrected chi connectivity index (χ3v) is 2.86.